The van der Waals surface area contributed by atoms with E-state index in [9.17, 15) is 14.4 Å². The number of H-pyrrole nitrogens is 1. The summed E-state index contributed by atoms with van der Waals surface area (Å²) >= 11 is 0. The number of likely N-dealkylation sites (N-methyl/N-ethyl adjacent to an activating group) is 1. The molecule has 0 spiro atoms. The maximum atomic E-state index is 14.3. The largest absolute Gasteiger partial charge is 0.489 e. The molecule has 0 aliphatic carbocycles. The van der Waals surface area contributed by atoms with E-state index in [4.69, 9.17) is 9.47 Å². The first kappa shape index (κ1) is 33.4. The Morgan fingerprint density at radius 3 is 2.12 bits per heavy atom. The van der Waals surface area contributed by atoms with Gasteiger partial charge in [0.1, 0.15) is 37.4 Å². The number of amides is 3. The monoisotopic (exact) mass is 646 g/mol. The van der Waals surface area contributed by atoms with Gasteiger partial charge in [0, 0.05) is 31.9 Å². The first-order valence-corrected chi connectivity index (χ1v) is 15.7. The normalized spacial score (nSPS) is 11.3. The van der Waals surface area contributed by atoms with Crippen LogP contribution in [0.1, 0.15) is 29.3 Å². The fourth-order valence-corrected chi connectivity index (χ4v) is 5.03. The second kappa shape index (κ2) is 17.1. The second-order valence-electron chi connectivity index (χ2n) is 11.0. The highest BCUT2D eigenvalue weighted by Gasteiger charge is 2.30. The third-order valence-corrected chi connectivity index (χ3v) is 7.50. The van der Waals surface area contributed by atoms with Crippen LogP contribution < -0.4 is 15.0 Å². The summed E-state index contributed by atoms with van der Waals surface area (Å²) in [4.78, 5) is 55.4. The molecule has 0 aliphatic rings. The lowest BCUT2D eigenvalue weighted by atomic mass is 10.1. The number of aromatic nitrogens is 3. The van der Waals surface area contributed by atoms with Gasteiger partial charge < -0.3 is 24.7 Å². The van der Waals surface area contributed by atoms with Gasteiger partial charge >= 0.3 is 6.09 Å². The minimum Gasteiger partial charge on any atom is -0.489 e. The number of benzene rings is 3. The second-order valence-corrected chi connectivity index (χ2v) is 11.0. The predicted molar refractivity (Wildman–Crippen MR) is 181 cm³/mol. The van der Waals surface area contributed by atoms with Gasteiger partial charge in [-0.3, -0.25) is 14.5 Å². The van der Waals surface area contributed by atoms with E-state index in [-0.39, 0.29) is 32.0 Å². The average molecular weight is 647 g/mol. The van der Waals surface area contributed by atoms with Crippen LogP contribution in [0.4, 0.5) is 10.6 Å². The quantitative estimate of drug-likeness (QED) is 0.158. The van der Waals surface area contributed by atoms with Crippen molar-refractivity contribution in [3.05, 3.63) is 144 Å². The number of carbonyl (C=O) groups is 3. The van der Waals surface area contributed by atoms with Crippen LogP contribution in [0.5, 0.6) is 5.75 Å². The van der Waals surface area contributed by atoms with Gasteiger partial charge in [-0.05, 0) is 47.9 Å². The number of anilines is 1. The Morgan fingerprint density at radius 2 is 1.50 bits per heavy atom. The average Bonchev–Trinajstić information content (AvgIpc) is 3.64. The van der Waals surface area contributed by atoms with Gasteiger partial charge in [-0.1, -0.05) is 78.9 Å². The number of hydrogen-bond donors (Lipinski definition) is 2. The molecule has 48 heavy (non-hydrogen) atoms. The van der Waals surface area contributed by atoms with Gasteiger partial charge in [0.2, 0.25) is 11.8 Å². The maximum Gasteiger partial charge on any atom is 0.408 e. The molecule has 2 N–H and O–H groups in total. The minimum absolute atomic E-state index is 0.0341. The van der Waals surface area contributed by atoms with Gasteiger partial charge in [0.15, 0.2) is 0 Å². The fourth-order valence-electron chi connectivity index (χ4n) is 5.03. The van der Waals surface area contributed by atoms with Gasteiger partial charge in [0.05, 0.1) is 12.0 Å². The van der Waals surface area contributed by atoms with Crippen LogP contribution in [-0.4, -0.2) is 56.9 Å². The molecule has 5 rings (SSSR count). The van der Waals surface area contributed by atoms with E-state index >= 15 is 0 Å². The minimum atomic E-state index is -1.07. The fraction of sp³-hybridized carbons (Fsp3) is 0.216. The molecule has 0 fully saturated rings. The lowest BCUT2D eigenvalue weighted by Crippen LogP contribution is -2.52. The van der Waals surface area contributed by atoms with Gasteiger partial charge in [-0.15, -0.1) is 0 Å². The van der Waals surface area contributed by atoms with Crippen LogP contribution in [0.3, 0.4) is 0 Å². The molecular formula is C37H38N6O5. The molecule has 11 heteroatoms. The summed E-state index contributed by atoms with van der Waals surface area (Å²) < 4.78 is 11.4. The predicted octanol–water partition coefficient (Wildman–Crippen LogP) is 5.30. The number of alkyl carbamates (subject to hydrolysis) is 1. The number of ether oxygens (including phenoxy) is 2. The molecule has 2 aromatic heterocycles. The number of nitrogens with zero attached hydrogens (tertiary/aromatic N) is 4. The zero-order chi connectivity index (χ0) is 33.6. The van der Waals surface area contributed by atoms with E-state index < -0.39 is 18.0 Å². The van der Waals surface area contributed by atoms with Crippen molar-refractivity contribution in [2.75, 3.05) is 18.0 Å². The van der Waals surface area contributed by atoms with Crippen LogP contribution in [0, 0.1) is 0 Å². The highest BCUT2D eigenvalue weighted by molar-refractivity contribution is 5.97. The highest BCUT2D eigenvalue weighted by atomic mass is 16.5. The smallest absolute Gasteiger partial charge is 0.408 e. The van der Waals surface area contributed by atoms with Gasteiger partial charge in [-0.25, -0.2) is 14.8 Å². The molecule has 3 amide bonds. The summed E-state index contributed by atoms with van der Waals surface area (Å²) in [7, 11) is 0. The maximum absolute atomic E-state index is 14.3. The molecule has 5 aromatic rings. The van der Waals surface area contributed by atoms with Crippen LogP contribution in [-0.2, 0) is 40.5 Å². The zero-order valence-corrected chi connectivity index (χ0v) is 26.7. The summed E-state index contributed by atoms with van der Waals surface area (Å²) in [6.07, 6.45) is 4.08. The van der Waals surface area contributed by atoms with Crippen molar-refractivity contribution in [3.8, 4) is 5.75 Å². The molecule has 0 saturated carbocycles. The van der Waals surface area contributed by atoms with Crippen molar-refractivity contribution in [1.82, 2.24) is 25.2 Å². The summed E-state index contributed by atoms with van der Waals surface area (Å²) in [6.45, 7) is 2.49. The van der Waals surface area contributed by atoms with E-state index in [1.165, 1.54) is 16.1 Å². The third kappa shape index (κ3) is 9.76. The van der Waals surface area contributed by atoms with Crippen LogP contribution in [0.25, 0.3) is 0 Å². The summed E-state index contributed by atoms with van der Waals surface area (Å²) in [5, 5.41) is 2.72. The Morgan fingerprint density at radius 1 is 0.812 bits per heavy atom. The number of carbonyl (C=O) groups excluding carboxylic acids is 3. The molecule has 246 valence electrons. The number of imidazole rings is 1. The first-order valence-electron chi connectivity index (χ1n) is 15.7. The summed E-state index contributed by atoms with van der Waals surface area (Å²) in [6, 6.07) is 30.7. The van der Waals surface area contributed by atoms with Crippen LogP contribution in [0.2, 0.25) is 0 Å². The number of pyridine rings is 1. The molecular weight excluding hydrogens is 608 g/mol. The number of rotatable bonds is 15. The summed E-state index contributed by atoms with van der Waals surface area (Å²) in [5.41, 5.74) is 3.18. The number of hydrogen-bond acceptors (Lipinski definition) is 7. The van der Waals surface area contributed by atoms with E-state index in [1.807, 2.05) is 91.9 Å². The van der Waals surface area contributed by atoms with Gasteiger partial charge in [-0.2, -0.15) is 0 Å². The van der Waals surface area contributed by atoms with Gasteiger partial charge in [0.25, 0.3) is 0 Å². The molecule has 2 heterocycles. The first-order chi connectivity index (χ1) is 23.5. The van der Waals surface area contributed by atoms with E-state index in [0.29, 0.717) is 30.4 Å². The lowest BCUT2D eigenvalue weighted by molar-refractivity contribution is -0.137. The van der Waals surface area contributed by atoms with Crippen molar-refractivity contribution in [1.29, 1.82) is 0 Å². The molecule has 0 saturated heterocycles. The van der Waals surface area contributed by atoms with Crippen molar-refractivity contribution >= 4 is 23.7 Å². The van der Waals surface area contributed by atoms with E-state index in [1.54, 1.807) is 30.6 Å². The Hall–Kier alpha value is -5.97. The van der Waals surface area contributed by atoms with Crippen molar-refractivity contribution in [3.63, 3.8) is 0 Å². The van der Waals surface area contributed by atoms with Crippen molar-refractivity contribution in [2.24, 2.45) is 0 Å². The molecule has 0 aliphatic heterocycles. The van der Waals surface area contributed by atoms with Crippen LogP contribution in [0.15, 0.2) is 122 Å². The Labute approximate surface area is 279 Å². The summed E-state index contributed by atoms with van der Waals surface area (Å²) in [5.74, 6) is 0.359. The molecule has 3 aromatic carbocycles. The molecule has 11 nitrogen and oxygen atoms in total. The number of aromatic amines is 1. The van der Waals surface area contributed by atoms with Crippen molar-refractivity contribution in [2.45, 2.75) is 39.1 Å². The standard InChI is InChI=1S/C37H38N6O5/c1-2-43(34-15-9-10-20-39-34)35(44)24-42(23-28-16-18-32(19-17-28)47-25-29-11-5-3-6-12-29)36(45)33(21-31-22-38-27-40-31)41-37(46)48-26-30-13-7-4-8-14-30/h3-20,22,27,33H,2,21,23-26H2,1H3,(H,38,40)(H,41,46). The Bertz CT molecular complexity index is 1720. The third-order valence-electron chi connectivity index (χ3n) is 7.50. The molecule has 0 bridgehead atoms. The van der Waals surface area contributed by atoms with E-state index in [0.717, 1.165) is 16.7 Å². The van der Waals surface area contributed by atoms with Crippen LogP contribution >= 0.6 is 0 Å². The molecule has 1 atom stereocenters. The highest BCUT2D eigenvalue weighted by Crippen LogP contribution is 2.18. The lowest BCUT2D eigenvalue weighted by Gasteiger charge is -2.29. The Kier molecular flexibility index (Phi) is 11.9. The molecule has 0 radical (unpaired) electrons. The number of nitrogens with one attached hydrogen (secondary N) is 2. The Balaban J connectivity index is 1.35. The SMILES string of the molecule is CCN(C(=O)CN(Cc1ccc(OCc2ccccc2)cc1)C(=O)C(Cc1c[nH]cn1)NC(=O)OCc1ccccc1)c1ccccn1. The van der Waals surface area contributed by atoms with E-state index in [2.05, 4.69) is 20.3 Å². The molecule has 1 unspecified atom stereocenters. The zero-order valence-electron chi connectivity index (χ0n) is 26.7. The van der Waals surface area contributed by atoms with Crippen molar-refractivity contribution < 1.29 is 23.9 Å². The topological polar surface area (TPSA) is 130 Å².